The van der Waals surface area contributed by atoms with Gasteiger partial charge in [0.15, 0.2) is 0 Å². The van der Waals surface area contributed by atoms with Crippen LogP contribution in [0.2, 0.25) is 0 Å². The van der Waals surface area contributed by atoms with Gasteiger partial charge in [0.2, 0.25) is 5.91 Å². The summed E-state index contributed by atoms with van der Waals surface area (Å²) in [5.74, 6) is 0.484. The number of nitrogens with zero attached hydrogens (tertiary/aromatic N) is 2. The predicted octanol–water partition coefficient (Wildman–Crippen LogP) is 2.86. The highest BCUT2D eigenvalue weighted by atomic mass is 16.5. The van der Waals surface area contributed by atoms with Crippen molar-refractivity contribution < 1.29 is 19.1 Å². The third kappa shape index (κ3) is 4.13. The second-order valence-corrected chi connectivity index (χ2v) is 7.99. The van der Waals surface area contributed by atoms with E-state index in [9.17, 15) is 14.4 Å². The van der Waals surface area contributed by atoms with Gasteiger partial charge in [-0.05, 0) is 44.4 Å². The minimum absolute atomic E-state index is 0.0143. The van der Waals surface area contributed by atoms with E-state index in [4.69, 9.17) is 4.74 Å². The molecule has 28 heavy (non-hydrogen) atoms. The number of nitrogens with one attached hydrogen (secondary N) is 1. The SMILES string of the molecule is COc1ccc(C2CCCCCN2C(=O)CCN2C(=O)NC(C)(C)C2=O)cc1. The van der Waals surface area contributed by atoms with Crippen molar-refractivity contribution >= 4 is 17.8 Å². The monoisotopic (exact) mass is 387 g/mol. The molecule has 152 valence electrons. The van der Waals surface area contributed by atoms with Crippen molar-refractivity contribution in [1.82, 2.24) is 15.1 Å². The van der Waals surface area contributed by atoms with Crippen molar-refractivity contribution in [1.29, 1.82) is 0 Å². The van der Waals surface area contributed by atoms with Gasteiger partial charge in [0.05, 0.1) is 13.2 Å². The first kappa shape index (κ1) is 20.2. The third-order valence-corrected chi connectivity index (χ3v) is 5.57. The zero-order valence-corrected chi connectivity index (χ0v) is 16.9. The van der Waals surface area contributed by atoms with E-state index >= 15 is 0 Å². The molecule has 0 spiro atoms. The molecule has 1 atom stereocenters. The molecule has 1 aromatic rings. The molecule has 0 aromatic heterocycles. The molecular weight excluding hydrogens is 358 g/mol. The Balaban J connectivity index is 1.70. The average Bonchev–Trinajstić information content (AvgIpc) is 2.86. The topological polar surface area (TPSA) is 79.0 Å². The fourth-order valence-electron chi connectivity index (χ4n) is 3.95. The Morgan fingerprint density at radius 1 is 1.18 bits per heavy atom. The van der Waals surface area contributed by atoms with E-state index in [0.717, 1.165) is 41.9 Å². The first-order valence-electron chi connectivity index (χ1n) is 9.91. The van der Waals surface area contributed by atoms with Crippen LogP contribution in [0.25, 0.3) is 0 Å². The molecule has 1 aromatic carbocycles. The molecule has 0 bridgehead atoms. The molecule has 2 fully saturated rings. The number of hydrogen-bond acceptors (Lipinski definition) is 4. The highest BCUT2D eigenvalue weighted by molar-refractivity contribution is 6.06. The summed E-state index contributed by atoms with van der Waals surface area (Å²) in [5.41, 5.74) is 0.182. The lowest BCUT2D eigenvalue weighted by atomic mass is 10.0. The molecule has 4 amide bonds. The Morgan fingerprint density at radius 3 is 2.50 bits per heavy atom. The van der Waals surface area contributed by atoms with Crippen LogP contribution >= 0.6 is 0 Å². The molecule has 2 saturated heterocycles. The average molecular weight is 387 g/mol. The number of amides is 4. The molecule has 2 aliphatic heterocycles. The smallest absolute Gasteiger partial charge is 0.325 e. The van der Waals surface area contributed by atoms with Crippen molar-refractivity contribution in [2.24, 2.45) is 0 Å². The predicted molar refractivity (Wildman–Crippen MR) is 105 cm³/mol. The lowest BCUT2D eigenvalue weighted by Crippen LogP contribution is -2.41. The minimum atomic E-state index is -0.908. The quantitative estimate of drug-likeness (QED) is 0.788. The van der Waals surface area contributed by atoms with Crippen LogP contribution < -0.4 is 10.1 Å². The number of urea groups is 1. The number of likely N-dealkylation sites (tertiary alicyclic amines) is 1. The summed E-state index contributed by atoms with van der Waals surface area (Å²) in [4.78, 5) is 40.5. The summed E-state index contributed by atoms with van der Waals surface area (Å²) >= 11 is 0. The summed E-state index contributed by atoms with van der Waals surface area (Å²) < 4.78 is 5.23. The second kappa shape index (κ2) is 8.20. The summed E-state index contributed by atoms with van der Waals surface area (Å²) in [6.45, 7) is 4.15. The number of rotatable bonds is 5. The summed E-state index contributed by atoms with van der Waals surface area (Å²) in [6, 6.07) is 7.44. The van der Waals surface area contributed by atoms with Gasteiger partial charge in [-0.25, -0.2) is 4.79 Å². The molecule has 2 heterocycles. The molecule has 1 unspecified atom stereocenters. The minimum Gasteiger partial charge on any atom is -0.497 e. The van der Waals surface area contributed by atoms with Gasteiger partial charge in [-0.1, -0.05) is 25.0 Å². The van der Waals surface area contributed by atoms with Crippen molar-refractivity contribution in [3.63, 3.8) is 0 Å². The molecule has 7 nitrogen and oxygen atoms in total. The van der Waals surface area contributed by atoms with Gasteiger partial charge in [0.25, 0.3) is 5.91 Å². The maximum absolute atomic E-state index is 13.0. The zero-order chi connectivity index (χ0) is 20.3. The van der Waals surface area contributed by atoms with Crippen LogP contribution in [0.4, 0.5) is 4.79 Å². The van der Waals surface area contributed by atoms with Gasteiger partial charge in [-0.3, -0.25) is 14.5 Å². The van der Waals surface area contributed by atoms with Crippen LogP contribution in [0.1, 0.15) is 57.6 Å². The number of ether oxygens (including phenoxy) is 1. The first-order chi connectivity index (χ1) is 13.3. The van der Waals surface area contributed by atoms with Gasteiger partial charge in [-0.2, -0.15) is 0 Å². The Morgan fingerprint density at radius 2 is 1.89 bits per heavy atom. The van der Waals surface area contributed by atoms with E-state index in [-0.39, 0.29) is 30.8 Å². The molecule has 0 aliphatic carbocycles. The summed E-state index contributed by atoms with van der Waals surface area (Å²) in [7, 11) is 1.63. The highest BCUT2D eigenvalue weighted by Crippen LogP contribution is 2.31. The van der Waals surface area contributed by atoms with E-state index in [1.807, 2.05) is 29.2 Å². The van der Waals surface area contributed by atoms with Gasteiger partial charge >= 0.3 is 6.03 Å². The van der Waals surface area contributed by atoms with Crippen LogP contribution in [-0.4, -0.2) is 53.4 Å². The van der Waals surface area contributed by atoms with Gasteiger partial charge in [0, 0.05) is 19.5 Å². The molecular formula is C21H29N3O4. The van der Waals surface area contributed by atoms with E-state index < -0.39 is 11.6 Å². The summed E-state index contributed by atoms with van der Waals surface area (Å²) in [5, 5.41) is 2.65. The number of hydrogen-bond donors (Lipinski definition) is 1. The van der Waals surface area contributed by atoms with E-state index in [1.165, 1.54) is 0 Å². The van der Waals surface area contributed by atoms with Crippen LogP contribution in [-0.2, 0) is 9.59 Å². The van der Waals surface area contributed by atoms with Crippen molar-refractivity contribution in [2.75, 3.05) is 20.2 Å². The number of imide groups is 1. The lowest BCUT2D eigenvalue weighted by Gasteiger charge is -2.31. The lowest BCUT2D eigenvalue weighted by molar-refractivity contribution is -0.135. The molecule has 0 saturated carbocycles. The van der Waals surface area contributed by atoms with Crippen molar-refractivity contribution in [3.8, 4) is 5.75 Å². The fourth-order valence-corrected chi connectivity index (χ4v) is 3.95. The normalized spacial score (nSPS) is 22.0. The molecule has 7 heteroatoms. The molecule has 2 aliphatic rings. The number of carbonyl (C=O) groups is 3. The molecule has 3 rings (SSSR count). The van der Waals surface area contributed by atoms with E-state index in [1.54, 1.807) is 21.0 Å². The van der Waals surface area contributed by atoms with Crippen molar-refractivity contribution in [2.45, 2.75) is 57.5 Å². The van der Waals surface area contributed by atoms with Gasteiger partial charge in [-0.15, -0.1) is 0 Å². The van der Waals surface area contributed by atoms with Crippen LogP contribution in [0.5, 0.6) is 5.75 Å². The standard InChI is InChI=1S/C21H29N3O4/c1-21(2)19(26)24(20(27)22-21)14-12-18(25)23-13-6-4-5-7-17(23)15-8-10-16(28-3)11-9-15/h8-11,17H,4-7,12-14H2,1-3H3,(H,22,27). The number of methoxy groups -OCH3 is 1. The third-order valence-electron chi connectivity index (χ3n) is 5.57. The Kier molecular flexibility index (Phi) is 5.91. The van der Waals surface area contributed by atoms with Crippen LogP contribution in [0.3, 0.4) is 0 Å². The zero-order valence-electron chi connectivity index (χ0n) is 16.9. The molecule has 0 radical (unpaired) electrons. The van der Waals surface area contributed by atoms with Crippen molar-refractivity contribution in [3.05, 3.63) is 29.8 Å². The Bertz CT molecular complexity index is 745. The second-order valence-electron chi connectivity index (χ2n) is 7.99. The number of benzene rings is 1. The van der Waals surface area contributed by atoms with E-state index in [2.05, 4.69) is 5.32 Å². The van der Waals surface area contributed by atoms with Crippen LogP contribution in [0, 0.1) is 0 Å². The van der Waals surface area contributed by atoms with Gasteiger partial charge in [0.1, 0.15) is 11.3 Å². The van der Waals surface area contributed by atoms with Gasteiger partial charge < -0.3 is 15.0 Å². The van der Waals surface area contributed by atoms with Crippen LogP contribution in [0.15, 0.2) is 24.3 Å². The highest BCUT2D eigenvalue weighted by Gasteiger charge is 2.44. The number of carbonyl (C=O) groups excluding carboxylic acids is 3. The maximum Gasteiger partial charge on any atom is 0.325 e. The first-order valence-corrected chi connectivity index (χ1v) is 9.91. The summed E-state index contributed by atoms with van der Waals surface area (Å²) in [6.07, 6.45) is 4.18. The fraction of sp³-hybridized carbons (Fsp3) is 0.571. The van der Waals surface area contributed by atoms with E-state index in [0.29, 0.717) is 6.54 Å². The Hall–Kier alpha value is -2.57. The Labute approximate surface area is 166 Å². The molecule has 1 N–H and O–H groups in total. The maximum atomic E-state index is 13.0. The largest absolute Gasteiger partial charge is 0.497 e.